The Morgan fingerprint density at radius 2 is 2.00 bits per heavy atom. The first-order valence-electron chi connectivity index (χ1n) is 3.70. The second kappa shape index (κ2) is 3.99. The molecule has 0 heterocycles. The highest BCUT2D eigenvalue weighted by Crippen LogP contribution is 2.29. The van der Waals surface area contributed by atoms with Crippen molar-refractivity contribution in [3.8, 4) is 0 Å². The van der Waals surface area contributed by atoms with E-state index < -0.39 is 0 Å². The summed E-state index contributed by atoms with van der Waals surface area (Å²) in [6, 6.07) is 0. The van der Waals surface area contributed by atoms with Crippen LogP contribution in [0.3, 0.4) is 0 Å². The van der Waals surface area contributed by atoms with Crippen molar-refractivity contribution in [1.29, 1.82) is 0 Å². The molecule has 0 nitrogen and oxygen atoms in total. The molecular weight excluding hydrogens is 128 g/mol. The van der Waals surface area contributed by atoms with Gasteiger partial charge in [-0.25, -0.2) is 0 Å². The number of hydrogen-bond donors (Lipinski definition) is 0. The van der Waals surface area contributed by atoms with Crippen LogP contribution in [-0.4, -0.2) is 5.25 Å². The van der Waals surface area contributed by atoms with E-state index in [1.54, 1.807) is 0 Å². The van der Waals surface area contributed by atoms with E-state index in [2.05, 4.69) is 18.4 Å². The molecule has 0 saturated heterocycles. The van der Waals surface area contributed by atoms with Gasteiger partial charge in [-0.15, -0.1) is 11.8 Å². The van der Waals surface area contributed by atoms with Gasteiger partial charge in [0.25, 0.3) is 0 Å². The molecule has 1 rings (SSSR count). The van der Waals surface area contributed by atoms with E-state index in [0.717, 1.165) is 5.25 Å². The lowest BCUT2D eigenvalue weighted by molar-refractivity contribution is 0.886. The fourth-order valence-electron chi connectivity index (χ4n) is 1.21. The topological polar surface area (TPSA) is 0 Å². The molecule has 0 amide bonds. The Hall–Kier alpha value is 0.0900. The Bertz CT molecular complexity index is 90.7. The van der Waals surface area contributed by atoms with Crippen LogP contribution in [0.2, 0.25) is 0 Å². The first-order chi connectivity index (χ1) is 4.43. The smallest absolute Gasteiger partial charge is 0.00883 e. The molecule has 1 saturated carbocycles. The van der Waals surface area contributed by atoms with Gasteiger partial charge in [0.1, 0.15) is 0 Å². The molecule has 0 N–H and O–H groups in total. The van der Waals surface area contributed by atoms with Crippen LogP contribution in [0.25, 0.3) is 0 Å². The fraction of sp³-hybridized carbons (Fsp3) is 0.750. The Morgan fingerprint density at radius 1 is 1.33 bits per heavy atom. The van der Waals surface area contributed by atoms with Gasteiger partial charge in [-0.3, -0.25) is 0 Å². The summed E-state index contributed by atoms with van der Waals surface area (Å²) in [6.07, 6.45) is 7.91. The normalized spacial score (nSPS) is 21.9. The van der Waals surface area contributed by atoms with Gasteiger partial charge >= 0.3 is 0 Å². The Labute approximate surface area is 61.7 Å². The molecule has 0 aromatic carbocycles. The minimum Gasteiger partial charge on any atom is -0.131 e. The highest BCUT2D eigenvalue weighted by atomic mass is 32.2. The maximum absolute atomic E-state index is 2.22. The molecule has 1 aliphatic carbocycles. The van der Waals surface area contributed by atoms with Crippen molar-refractivity contribution in [2.75, 3.05) is 0 Å². The zero-order chi connectivity index (χ0) is 6.53. The van der Waals surface area contributed by atoms with Crippen molar-refractivity contribution in [3.05, 3.63) is 11.5 Å². The third kappa shape index (κ3) is 2.44. The lowest BCUT2D eigenvalue weighted by atomic mass is 10.4. The average molecular weight is 142 g/mol. The Kier molecular flexibility index (Phi) is 3.20. The largest absolute Gasteiger partial charge is 0.131 e. The summed E-state index contributed by atoms with van der Waals surface area (Å²) in [4.78, 5) is 0. The molecule has 1 aliphatic rings. The molecule has 0 aliphatic heterocycles. The predicted molar refractivity (Wildman–Crippen MR) is 44.7 cm³/mol. The van der Waals surface area contributed by atoms with Crippen molar-refractivity contribution in [2.45, 2.75) is 37.9 Å². The van der Waals surface area contributed by atoms with Crippen LogP contribution >= 0.6 is 11.8 Å². The van der Waals surface area contributed by atoms with E-state index in [1.165, 1.54) is 25.7 Å². The number of hydrogen-bond acceptors (Lipinski definition) is 1. The second-order valence-electron chi connectivity index (χ2n) is 2.51. The summed E-state index contributed by atoms with van der Waals surface area (Å²) in [7, 11) is 0. The molecular formula is C8H14S. The third-order valence-corrected chi connectivity index (χ3v) is 2.99. The van der Waals surface area contributed by atoms with Crippen LogP contribution in [0.1, 0.15) is 32.6 Å². The van der Waals surface area contributed by atoms with E-state index in [-0.39, 0.29) is 0 Å². The summed E-state index contributed by atoms with van der Waals surface area (Å²) in [5, 5.41) is 3.16. The van der Waals surface area contributed by atoms with Crippen LogP contribution < -0.4 is 0 Å². The van der Waals surface area contributed by atoms with Gasteiger partial charge in [-0.05, 0) is 25.2 Å². The highest BCUT2D eigenvalue weighted by molar-refractivity contribution is 8.02. The van der Waals surface area contributed by atoms with E-state index in [4.69, 9.17) is 0 Å². The maximum Gasteiger partial charge on any atom is 0.00883 e. The number of rotatable bonds is 2. The van der Waals surface area contributed by atoms with Gasteiger partial charge in [0.15, 0.2) is 0 Å². The van der Waals surface area contributed by atoms with Crippen LogP contribution in [0.15, 0.2) is 11.5 Å². The van der Waals surface area contributed by atoms with E-state index in [9.17, 15) is 0 Å². The lowest BCUT2D eigenvalue weighted by Crippen LogP contribution is -1.89. The van der Waals surface area contributed by atoms with Crippen molar-refractivity contribution < 1.29 is 0 Å². The molecule has 1 fully saturated rings. The summed E-state index contributed by atoms with van der Waals surface area (Å²) >= 11 is 2.00. The van der Waals surface area contributed by atoms with Crippen LogP contribution in [-0.2, 0) is 0 Å². The molecule has 52 valence electrons. The highest BCUT2D eigenvalue weighted by Gasteiger charge is 2.12. The number of allylic oxidation sites excluding steroid dienone is 1. The molecule has 0 atom stereocenters. The zero-order valence-corrected chi connectivity index (χ0v) is 6.79. The fourth-order valence-corrected chi connectivity index (χ4v) is 2.20. The molecule has 9 heavy (non-hydrogen) atoms. The van der Waals surface area contributed by atoms with Crippen molar-refractivity contribution in [1.82, 2.24) is 0 Å². The first kappa shape index (κ1) is 7.20. The van der Waals surface area contributed by atoms with Gasteiger partial charge in [-0.2, -0.15) is 0 Å². The molecule has 1 heteroatoms. The molecule has 0 bridgehead atoms. The Morgan fingerprint density at radius 3 is 2.56 bits per heavy atom. The van der Waals surface area contributed by atoms with E-state index >= 15 is 0 Å². The SMILES string of the molecule is CC=CSC1CCCC1. The molecule has 0 radical (unpaired) electrons. The molecule has 0 unspecified atom stereocenters. The summed E-state index contributed by atoms with van der Waals surface area (Å²) < 4.78 is 0. The molecule has 0 aromatic rings. The monoisotopic (exact) mass is 142 g/mol. The molecule has 0 spiro atoms. The maximum atomic E-state index is 2.22. The van der Waals surface area contributed by atoms with Crippen LogP contribution in [0.5, 0.6) is 0 Å². The summed E-state index contributed by atoms with van der Waals surface area (Å²) in [5.74, 6) is 0. The van der Waals surface area contributed by atoms with Gasteiger partial charge in [0.05, 0.1) is 0 Å². The van der Waals surface area contributed by atoms with Crippen molar-refractivity contribution in [3.63, 3.8) is 0 Å². The second-order valence-corrected chi connectivity index (χ2v) is 3.72. The predicted octanol–water partition coefficient (Wildman–Crippen LogP) is 3.20. The third-order valence-electron chi connectivity index (χ3n) is 1.71. The quantitative estimate of drug-likeness (QED) is 0.570. The Balaban J connectivity index is 2.11. The minimum absolute atomic E-state index is 0.946. The van der Waals surface area contributed by atoms with E-state index in [0.29, 0.717) is 0 Å². The van der Waals surface area contributed by atoms with Crippen molar-refractivity contribution >= 4 is 11.8 Å². The first-order valence-corrected chi connectivity index (χ1v) is 4.64. The minimum atomic E-state index is 0.946. The van der Waals surface area contributed by atoms with Crippen LogP contribution in [0, 0.1) is 0 Å². The van der Waals surface area contributed by atoms with Crippen LogP contribution in [0.4, 0.5) is 0 Å². The van der Waals surface area contributed by atoms with Gasteiger partial charge in [0, 0.05) is 5.25 Å². The average Bonchev–Trinajstić information content (AvgIpc) is 2.34. The zero-order valence-electron chi connectivity index (χ0n) is 5.97. The van der Waals surface area contributed by atoms with Gasteiger partial charge in [-0.1, -0.05) is 18.9 Å². The van der Waals surface area contributed by atoms with Gasteiger partial charge < -0.3 is 0 Å². The van der Waals surface area contributed by atoms with E-state index in [1.807, 2.05) is 11.8 Å². The number of thioether (sulfide) groups is 1. The summed E-state index contributed by atoms with van der Waals surface area (Å²) in [6.45, 7) is 2.09. The standard InChI is InChI=1S/C8H14S/c1-2-7-9-8-5-3-4-6-8/h2,7-8H,3-6H2,1H3. The molecule has 0 aromatic heterocycles. The van der Waals surface area contributed by atoms with Gasteiger partial charge in [0.2, 0.25) is 0 Å². The lowest BCUT2D eigenvalue weighted by Gasteiger charge is -2.01. The van der Waals surface area contributed by atoms with Crippen molar-refractivity contribution in [2.24, 2.45) is 0 Å². The summed E-state index contributed by atoms with van der Waals surface area (Å²) in [5.41, 5.74) is 0.